The Balaban J connectivity index is 1.40. The zero-order chi connectivity index (χ0) is 17.9. The van der Waals surface area contributed by atoms with Crippen LogP contribution in [-0.2, 0) is 4.79 Å². The maximum atomic E-state index is 13.0. The van der Waals surface area contributed by atoms with Crippen molar-refractivity contribution < 1.29 is 4.79 Å². The highest BCUT2D eigenvalue weighted by atomic mass is 32.1. The molecule has 1 amide bonds. The molecule has 4 rings (SSSR count). The molecular weight excluding hydrogens is 346 g/mol. The van der Waals surface area contributed by atoms with Crippen molar-refractivity contribution in [2.45, 2.75) is 25.3 Å². The summed E-state index contributed by atoms with van der Waals surface area (Å²) in [6.07, 6.45) is 4.18. The molecule has 0 N–H and O–H groups in total. The van der Waals surface area contributed by atoms with Crippen molar-refractivity contribution in [3.63, 3.8) is 0 Å². The molecule has 1 unspecified atom stereocenters. The second-order valence-electron chi connectivity index (χ2n) is 6.53. The Hall–Kier alpha value is -2.72. The van der Waals surface area contributed by atoms with Crippen molar-refractivity contribution >= 4 is 28.6 Å². The number of hydrogen-bond donors (Lipinski definition) is 0. The van der Waals surface area contributed by atoms with E-state index in [9.17, 15) is 4.79 Å². The van der Waals surface area contributed by atoms with Gasteiger partial charge in [0, 0.05) is 37.0 Å². The van der Waals surface area contributed by atoms with Gasteiger partial charge in [0.1, 0.15) is 6.07 Å². The summed E-state index contributed by atoms with van der Waals surface area (Å²) in [4.78, 5) is 19.5. The van der Waals surface area contributed by atoms with Crippen LogP contribution in [0.5, 0.6) is 0 Å². The predicted molar refractivity (Wildman–Crippen MR) is 101 cm³/mol. The summed E-state index contributed by atoms with van der Waals surface area (Å²) in [5, 5.41) is 17.6. The molecule has 1 aromatic heterocycles. The smallest absolute Gasteiger partial charge is 0.246 e. The van der Waals surface area contributed by atoms with Gasteiger partial charge in [-0.3, -0.25) is 4.79 Å². The first kappa shape index (κ1) is 16.7. The number of aromatic nitrogens is 1. The maximum absolute atomic E-state index is 13.0. The fourth-order valence-electron chi connectivity index (χ4n) is 3.54. The molecule has 6 nitrogen and oxygen atoms in total. The molecule has 2 aliphatic heterocycles. The van der Waals surface area contributed by atoms with E-state index in [2.05, 4.69) is 33.2 Å². The average Bonchev–Trinajstić information content (AvgIpc) is 3.38. The van der Waals surface area contributed by atoms with Crippen LogP contribution in [-0.4, -0.2) is 35.2 Å². The van der Waals surface area contributed by atoms with E-state index >= 15 is 0 Å². The third-order valence-electron chi connectivity index (χ3n) is 4.96. The lowest BCUT2D eigenvalue weighted by Crippen LogP contribution is -2.41. The summed E-state index contributed by atoms with van der Waals surface area (Å²) >= 11 is 1.49. The zero-order valence-corrected chi connectivity index (χ0v) is 15.1. The molecule has 132 valence electrons. The van der Waals surface area contributed by atoms with E-state index in [1.54, 1.807) is 10.4 Å². The largest absolute Gasteiger partial charge is 0.348 e. The first-order valence-corrected chi connectivity index (χ1v) is 9.65. The Labute approximate surface area is 156 Å². The van der Waals surface area contributed by atoms with Gasteiger partial charge in [0.2, 0.25) is 5.91 Å². The lowest BCUT2D eigenvalue weighted by Gasteiger charge is -2.33. The molecule has 1 saturated heterocycles. The summed E-state index contributed by atoms with van der Waals surface area (Å²) in [7, 11) is 0. The van der Waals surface area contributed by atoms with Crippen molar-refractivity contribution in [2.24, 2.45) is 11.0 Å². The molecule has 1 fully saturated rings. The Kier molecular flexibility index (Phi) is 4.67. The second kappa shape index (κ2) is 7.26. The Morgan fingerprint density at radius 3 is 2.69 bits per heavy atom. The molecule has 7 heteroatoms. The first-order valence-electron chi connectivity index (χ1n) is 8.77. The number of anilines is 1. The van der Waals surface area contributed by atoms with Gasteiger partial charge in [0.15, 0.2) is 10.8 Å². The van der Waals surface area contributed by atoms with E-state index in [0.29, 0.717) is 5.69 Å². The number of hydrazone groups is 1. The van der Waals surface area contributed by atoms with E-state index in [1.165, 1.54) is 11.3 Å². The molecule has 0 spiro atoms. The number of thiazole rings is 1. The lowest BCUT2D eigenvalue weighted by molar-refractivity contribution is -0.138. The van der Waals surface area contributed by atoms with E-state index in [1.807, 2.05) is 24.4 Å². The first-order chi connectivity index (χ1) is 12.8. The number of nitriles is 1. The monoisotopic (exact) mass is 365 g/mol. The number of piperidine rings is 1. The van der Waals surface area contributed by atoms with Crippen molar-refractivity contribution in [3.05, 3.63) is 47.0 Å². The third-order valence-corrected chi connectivity index (χ3v) is 5.86. The molecule has 3 heterocycles. The van der Waals surface area contributed by atoms with Crippen LogP contribution in [0, 0.1) is 17.2 Å². The fraction of sp³-hybridized carbons (Fsp3) is 0.368. The average molecular weight is 365 g/mol. The van der Waals surface area contributed by atoms with E-state index in [0.717, 1.165) is 43.0 Å². The van der Waals surface area contributed by atoms with Crippen LogP contribution >= 0.6 is 11.3 Å². The van der Waals surface area contributed by atoms with E-state index in [4.69, 9.17) is 5.26 Å². The van der Waals surface area contributed by atoms with Gasteiger partial charge in [-0.25, -0.2) is 9.99 Å². The maximum Gasteiger partial charge on any atom is 0.246 e. The topological polar surface area (TPSA) is 72.6 Å². The molecule has 2 aromatic rings. The van der Waals surface area contributed by atoms with E-state index in [-0.39, 0.29) is 17.9 Å². The number of carbonyl (C=O) groups is 1. The molecule has 26 heavy (non-hydrogen) atoms. The Bertz CT molecular complexity index is 848. The normalized spacial score (nSPS) is 20.3. The Morgan fingerprint density at radius 2 is 2.00 bits per heavy atom. The molecule has 0 aliphatic carbocycles. The number of hydrogen-bond acceptors (Lipinski definition) is 6. The SMILES string of the molecule is N#Cc1csc(N2CCC(C(=O)N3N=CCC3c3ccccc3)CC2)n1. The molecule has 1 aromatic carbocycles. The minimum absolute atomic E-state index is 0.0110. The molecule has 1 atom stereocenters. The number of amides is 1. The van der Waals surface area contributed by atoms with Crippen molar-refractivity contribution in [2.75, 3.05) is 18.0 Å². The van der Waals surface area contributed by atoms with Crippen molar-refractivity contribution in [1.82, 2.24) is 9.99 Å². The van der Waals surface area contributed by atoms with Crippen LogP contribution in [0.4, 0.5) is 5.13 Å². The zero-order valence-electron chi connectivity index (χ0n) is 14.3. The van der Waals surface area contributed by atoms with Crippen LogP contribution in [0.2, 0.25) is 0 Å². The van der Waals surface area contributed by atoms with Gasteiger partial charge >= 0.3 is 0 Å². The van der Waals surface area contributed by atoms with E-state index < -0.39 is 0 Å². The number of rotatable bonds is 3. The molecular formula is C19H19N5OS. The fourth-order valence-corrected chi connectivity index (χ4v) is 4.35. The number of benzene rings is 1. The van der Waals surface area contributed by atoms with Gasteiger partial charge < -0.3 is 4.90 Å². The predicted octanol–water partition coefficient (Wildman–Crippen LogP) is 3.19. The highest BCUT2D eigenvalue weighted by Gasteiger charge is 2.35. The minimum atomic E-state index is -0.0110. The molecule has 2 aliphatic rings. The van der Waals surface area contributed by atoms with Crippen LogP contribution < -0.4 is 4.90 Å². The summed E-state index contributed by atoms with van der Waals surface area (Å²) in [6, 6.07) is 12.2. The quantitative estimate of drug-likeness (QED) is 0.837. The standard InChI is InChI=1S/C19H19N5OS/c20-12-16-13-26-19(22-16)23-10-7-15(8-11-23)18(25)24-17(6-9-21-24)14-4-2-1-3-5-14/h1-5,9,13,15,17H,6-8,10-11H2. The van der Waals surface area contributed by atoms with Crippen molar-refractivity contribution in [3.8, 4) is 6.07 Å². The van der Waals surface area contributed by atoms with Crippen molar-refractivity contribution in [1.29, 1.82) is 5.26 Å². The highest BCUT2D eigenvalue weighted by molar-refractivity contribution is 7.13. The molecule has 0 saturated carbocycles. The van der Waals surface area contributed by atoms with Gasteiger partial charge in [-0.05, 0) is 18.4 Å². The van der Waals surface area contributed by atoms with Gasteiger partial charge in [-0.1, -0.05) is 30.3 Å². The van der Waals surface area contributed by atoms with Gasteiger partial charge in [-0.15, -0.1) is 11.3 Å². The van der Waals surface area contributed by atoms with Crippen LogP contribution in [0.3, 0.4) is 0 Å². The molecule has 0 bridgehead atoms. The van der Waals surface area contributed by atoms with Crippen LogP contribution in [0.25, 0.3) is 0 Å². The van der Waals surface area contributed by atoms with Gasteiger partial charge in [0.25, 0.3) is 0 Å². The number of nitrogens with zero attached hydrogens (tertiary/aromatic N) is 5. The molecule has 0 radical (unpaired) electrons. The minimum Gasteiger partial charge on any atom is -0.348 e. The summed E-state index contributed by atoms with van der Waals surface area (Å²) < 4.78 is 0. The van der Waals surface area contributed by atoms with Gasteiger partial charge in [-0.2, -0.15) is 10.4 Å². The lowest BCUT2D eigenvalue weighted by atomic mass is 9.94. The second-order valence-corrected chi connectivity index (χ2v) is 7.37. The summed E-state index contributed by atoms with van der Waals surface area (Å²) in [5.41, 5.74) is 1.59. The van der Waals surface area contributed by atoms with Gasteiger partial charge in [0.05, 0.1) is 6.04 Å². The number of carbonyl (C=O) groups excluding carboxylic acids is 1. The summed E-state index contributed by atoms with van der Waals surface area (Å²) in [5.74, 6) is 0.104. The Morgan fingerprint density at radius 1 is 1.23 bits per heavy atom. The summed E-state index contributed by atoms with van der Waals surface area (Å²) in [6.45, 7) is 1.56. The highest BCUT2D eigenvalue weighted by Crippen LogP contribution is 2.32. The third kappa shape index (κ3) is 3.20. The van der Waals surface area contributed by atoms with Crippen LogP contribution in [0.1, 0.15) is 36.6 Å². The van der Waals surface area contributed by atoms with Crippen LogP contribution in [0.15, 0.2) is 40.8 Å².